The molecule has 2 nitrogen and oxygen atoms in total. The van der Waals surface area contributed by atoms with Gasteiger partial charge in [0.15, 0.2) is 0 Å². The zero-order chi connectivity index (χ0) is 5.70. The summed E-state index contributed by atoms with van der Waals surface area (Å²) in [7, 11) is 0. The van der Waals surface area contributed by atoms with Crippen LogP contribution in [0.1, 0.15) is 8.35 Å². The molecule has 8 heavy (non-hydrogen) atoms. The van der Waals surface area contributed by atoms with E-state index in [9.17, 15) is 4.79 Å². The number of hydrogen-bond acceptors (Lipinski definition) is 2. The molecule has 0 aromatic carbocycles. The van der Waals surface area contributed by atoms with Crippen molar-refractivity contribution in [3.05, 3.63) is 12.7 Å². The van der Waals surface area contributed by atoms with Gasteiger partial charge in [-0.2, -0.15) is 0 Å². The molecule has 0 aliphatic heterocycles. The van der Waals surface area contributed by atoms with E-state index in [-0.39, 0.29) is 58.8 Å². The molecule has 42 valence electrons. The summed E-state index contributed by atoms with van der Waals surface area (Å²) in [6.07, 6.45) is 1.14. The van der Waals surface area contributed by atoms with Crippen molar-refractivity contribution in [3.63, 3.8) is 0 Å². The molecular weight excluding hydrogens is 131 g/mol. The number of carbonyl (C=O) groups is 1. The molecule has 0 unspecified atom stereocenters. The summed E-state index contributed by atoms with van der Waals surface area (Å²) in [4.78, 5) is 10.1. The molecule has 0 bridgehead atoms. The second kappa shape index (κ2) is 7.85. The van der Waals surface area contributed by atoms with Gasteiger partial charge >= 0.3 is 57.4 Å². The first-order valence-corrected chi connectivity index (χ1v) is 2.10. The number of hydrogen-bond donors (Lipinski definition) is 0. The number of ether oxygens (including phenoxy) is 1. The van der Waals surface area contributed by atoms with Crippen molar-refractivity contribution >= 4 is 5.97 Å². The fourth-order valence-corrected chi connectivity index (χ4v) is 0.201. The van der Waals surface area contributed by atoms with Crippen LogP contribution in [0.25, 0.3) is 0 Å². The van der Waals surface area contributed by atoms with Crippen LogP contribution in [0.4, 0.5) is 0 Å². The molecule has 0 fully saturated rings. The summed E-state index contributed by atoms with van der Waals surface area (Å²) in [5.41, 5.74) is 0. The van der Waals surface area contributed by atoms with Crippen LogP contribution in [0, 0.1) is 0 Å². The van der Waals surface area contributed by atoms with Crippen molar-refractivity contribution in [2.75, 3.05) is 6.61 Å². The van der Waals surface area contributed by atoms with Gasteiger partial charge in [-0.1, -0.05) is 6.58 Å². The number of esters is 1. The van der Waals surface area contributed by atoms with Crippen molar-refractivity contribution in [2.24, 2.45) is 0 Å². The molecule has 0 amide bonds. The van der Waals surface area contributed by atoms with Gasteiger partial charge in [-0.3, -0.25) is 0 Å². The van der Waals surface area contributed by atoms with Gasteiger partial charge in [0.1, 0.15) is 0 Å². The van der Waals surface area contributed by atoms with E-state index in [1.54, 1.807) is 6.92 Å². The second-order valence-corrected chi connectivity index (χ2v) is 0.956. The van der Waals surface area contributed by atoms with Crippen LogP contribution in [0.2, 0.25) is 0 Å². The van der Waals surface area contributed by atoms with E-state index >= 15 is 0 Å². The smallest absolute Gasteiger partial charge is 1.00 e. The van der Waals surface area contributed by atoms with Crippen molar-refractivity contribution in [2.45, 2.75) is 6.92 Å². The average Bonchev–Trinajstić information content (AvgIpc) is 1.68. The van der Waals surface area contributed by atoms with E-state index < -0.39 is 0 Å². The van der Waals surface area contributed by atoms with E-state index in [0.717, 1.165) is 6.08 Å². The van der Waals surface area contributed by atoms with Gasteiger partial charge in [0.05, 0.1) is 6.61 Å². The van der Waals surface area contributed by atoms with E-state index in [2.05, 4.69) is 11.3 Å². The SMILES string of the molecule is C=CC(=O)OCC.[H-].[K+]. The molecule has 0 atom stereocenters. The van der Waals surface area contributed by atoms with Crippen LogP contribution < -0.4 is 51.4 Å². The minimum absolute atomic E-state index is 0. The molecule has 0 aromatic rings. The Labute approximate surface area is 93.2 Å². The third-order valence-electron chi connectivity index (χ3n) is 0.453. The van der Waals surface area contributed by atoms with Gasteiger partial charge in [0.25, 0.3) is 0 Å². The third kappa shape index (κ3) is 6.85. The van der Waals surface area contributed by atoms with Crippen LogP contribution in [0.15, 0.2) is 12.7 Å². The number of rotatable bonds is 2. The summed E-state index contributed by atoms with van der Waals surface area (Å²) in [6, 6.07) is 0. The van der Waals surface area contributed by atoms with Gasteiger partial charge in [-0.25, -0.2) is 4.79 Å². The molecule has 0 rings (SSSR count). The van der Waals surface area contributed by atoms with E-state index in [1.165, 1.54) is 0 Å². The maximum atomic E-state index is 10.1. The Morgan fingerprint density at radius 3 is 2.62 bits per heavy atom. The van der Waals surface area contributed by atoms with Crippen LogP contribution in [0.3, 0.4) is 0 Å². The maximum Gasteiger partial charge on any atom is 1.00 e. The minimum atomic E-state index is -0.359. The quantitative estimate of drug-likeness (QED) is 0.248. The largest absolute Gasteiger partial charge is 1.00 e. The minimum Gasteiger partial charge on any atom is -1.00 e. The summed E-state index contributed by atoms with van der Waals surface area (Å²) >= 11 is 0. The monoisotopic (exact) mass is 140 g/mol. The predicted molar refractivity (Wildman–Crippen MR) is 27.9 cm³/mol. The van der Waals surface area contributed by atoms with E-state index in [1.807, 2.05) is 0 Å². The summed E-state index contributed by atoms with van der Waals surface area (Å²) in [5, 5.41) is 0. The zero-order valence-corrected chi connectivity index (χ0v) is 8.43. The predicted octanol–water partition coefficient (Wildman–Crippen LogP) is -2.15. The Bertz CT molecular complexity index is 85.0. The molecule has 0 aromatic heterocycles. The average molecular weight is 140 g/mol. The fourth-order valence-electron chi connectivity index (χ4n) is 0.201. The fraction of sp³-hybridized carbons (Fsp3) is 0.400. The van der Waals surface area contributed by atoms with Crippen LogP contribution in [-0.4, -0.2) is 12.6 Å². The normalized spacial score (nSPS) is 6.62. The van der Waals surface area contributed by atoms with Crippen molar-refractivity contribution in [1.82, 2.24) is 0 Å². The van der Waals surface area contributed by atoms with Crippen LogP contribution in [-0.2, 0) is 9.53 Å². The van der Waals surface area contributed by atoms with Crippen LogP contribution >= 0.6 is 0 Å². The molecule has 0 saturated heterocycles. The van der Waals surface area contributed by atoms with E-state index in [4.69, 9.17) is 0 Å². The third-order valence-corrected chi connectivity index (χ3v) is 0.453. The molecule has 0 radical (unpaired) electrons. The second-order valence-electron chi connectivity index (χ2n) is 0.956. The molecule has 0 heterocycles. The molecule has 0 aliphatic carbocycles. The Balaban J connectivity index is -0.000000180. The van der Waals surface area contributed by atoms with Crippen molar-refractivity contribution in [3.8, 4) is 0 Å². The van der Waals surface area contributed by atoms with Crippen molar-refractivity contribution < 1.29 is 62.3 Å². The van der Waals surface area contributed by atoms with Gasteiger partial charge < -0.3 is 6.16 Å². The van der Waals surface area contributed by atoms with Crippen molar-refractivity contribution in [1.29, 1.82) is 0 Å². The van der Waals surface area contributed by atoms with Gasteiger partial charge in [0, 0.05) is 6.08 Å². The zero-order valence-electron chi connectivity index (χ0n) is 6.31. The standard InChI is InChI=1S/C5H8O2.K.H/c1-3-5(6)7-4-2;;/h3H,1,4H2,2H3;;/q;+1;-1. The molecule has 0 aliphatic rings. The molecule has 0 spiro atoms. The van der Waals surface area contributed by atoms with Gasteiger partial charge in [-0.15, -0.1) is 0 Å². The molecule has 0 N–H and O–H groups in total. The Morgan fingerprint density at radius 1 is 2.00 bits per heavy atom. The van der Waals surface area contributed by atoms with Gasteiger partial charge in [-0.05, 0) is 6.92 Å². The first-order valence-electron chi connectivity index (χ1n) is 2.10. The van der Waals surface area contributed by atoms with Gasteiger partial charge in [0.2, 0.25) is 0 Å². The Kier molecular flexibility index (Phi) is 11.4. The Hall–Kier alpha value is 0.846. The summed E-state index contributed by atoms with van der Waals surface area (Å²) in [5.74, 6) is -0.359. The first kappa shape index (κ1) is 11.6. The number of carbonyl (C=O) groups excluding carboxylic acids is 1. The van der Waals surface area contributed by atoms with Crippen LogP contribution in [0.5, 0.6) is 0 Å². The maximum absolute atomic E-state index is 10.1. The first-order chi connectivity index (χ1) is 3.31. The topological polar surface area (TPSA) is 26.3 Å². The molecule has 3 heteroatoms. The Morgan fingerprint density at radius 2 is 2.50 bits per heavy atom. The van der Waals surface area contributed by atoms with E-state index in [0.29, 0.717) is 6.61 Å². The summed E-state index contributed by atoms with van der Waals surface area (Å²) in [6.45, 7) is 5.38. The molecular formula is C5H9KO2. The summed E-state index contributed by atoms with van der Waals surface area (Å²) < 4.78 is 4.43. The molecule has 0 saturated carbocycles.